The largest absolute Gasteiger partial charge is 0.357 e. The van der Waals surface area contributed by atoms with Crippen LogP contribution in [-0.4, -0.2) is 53.3 Å². The summed E-state index contributed by atoms with van der Waals surface area (Å²) in [5, 5.41) is 5.58. The van der Waals surface area contributed by atoms with Gasteiger partial charge in [0.2, 0.25) is 11.8 Å². The van der Waals surface area contributed by atoms with Crippen LogP contribution in [-0.2, 0) is 9.59 Å². The summed E-state index contributed by atoms with van der Waals surface area (Å²) in [5.41, 5.74) is -0.577. The van der Waals surface area contributed by atoms with Gasteiger partial charge in [-0.3, -0.25) is 19.4 Å². The second-order valence-electron chi connectivity index (χ2n) is 7.52. The maximum Gasteiger partial charge on any atom is 0.253 e. The van der Waals surface area contributed by atoms with E-state index in [9.17, 15) is 14.4 Å². The van der Waals surface area contributed by atoms with E-state index in [1.54, 1.807) is 25.4 Å². The SMILES string of the molecule is CNC(=O)C1(NC(=O)c2cccnc2)CCN(C(=O)C2CCCCC2)CC1. The van der Waals surface area contributed by atoms with Crippen molar-refractivity contribution in [3.63, 3.8) is 0 Å². The summed E-state index contributed by atoms with van der Waals surface area (Å²) in [6.45, 7) is 0.964. The Morgan fingerprint density at radius 3 is 2.44 bits per heavy atom. The first kappa shape index (κ1) is 19.3. The van der Waals surface area contributed by atoms with Crippen LogP contribution < -0.4 is 10.6 Å². The molecule has 2 fully saturated rings. The van der Waals surface area contributed by atoms with Gasteiger partial charge in [0.25, 0.3) is 5.91 Å². The van der Waals surface area contributed by atoms with E-state index in [4.69, 9.17) is 0 Å². The first-order chi connectivity index (χ1) is 13.1. The molecule has 7 nitrogen and oxygen atoms in total. The molecule has 27 heavy (non-hydrogen) atoms. The molecule has 0 aromatic carbocycles. The highest BCUT2D eigenvalue weighted by atomic mass is 16.2. The first-order valence-corrected chi connectivity index (χ1v) is 9.79. The molecule has 2 heterocycles. The van der Waals surface area contributed by atoms with Crippen molar-refractivity contribution in [2.75, 3.05) is 20.1 Å². The summed E-state index contributed by atoms with van der Waals surface area (Å²) in [6.07, 6.45) is 9.29. The Labute approximate surface area is 159 Å². The molecule has 0 unspecified atom stereocenters. The van der Waals surface area contributed by atoms with Gasteiger partial charge in [-0.1, -0.05) is 19.3 Å². The van der Waals surface area contributed by atoms with Crippen LogP contribution in [0.25, 0.3) is 0 Å². The summed E-state index contributed by atoms with van der Waals surface area (Å²) < 4.78 is 0. The number of likely N-dealkylation sites (N-methyl/N-ethyl adjacent to an activating group) is 1. The van der Waals surface area contributed by atoms with E-state index in [0.29, 0.717) is 31.5 Å². The Morgan fingerprint density at radius 1 is 1.15 bits per heavy atom. The molecule has 0 spiro atoms. The Morgan fingerprint density at radius 2 is 1.85 bits per heavy atom. The minimum absolute atomic E-state index is 0.122. The molecule has 0 radical (unpaired) electrons. The summed E-state index contributed by atoms with van der Waals surface area (Å²) in [4.78, 5) is 43.8. The van der Waals surface area contributed by atoms with Crippen molar-refractivity contribution < 1.29 is 14.4 Å². The highest BCUT2D eigenvalue weighted by Crippen LogP contribution is 2.29. The molecule has 7 heteroatoms. The van der Waals surface area contributed by atoms with Gasteiger partial charge in [-0.15, -0.1) is 0 Å². The van der Waals surface area contributed by atoms with Crippen LogP contribution in [0.3, 0.4) is 0 Å². The van der Waals surface area contributed by atoms with E-state index in [-0.39, 0.29) is 23.6 Å². The van der Waals surface area contributed by atoms with Crippen LogP contribution in [0.2, 0.25) is 0 Å². The van der Waals surface area contributed by atoms with Crippen molar-refractivity contribution >= 4 is 17.7 Å². The second-order valence-corrected chi connectivity index (χ2v) is 7.52. The second kappa shape index (κ2) is 8.50. The van der Waals surface area contributed by atoms with Gasteiger partial charge in [-0.2, -0.15) is 0 Å². The third-order valence-corrected chi connectivity index (χ3v) is 5.82. The molecule has 1 aromatic heterocycles. The predicted molar refractivity (Wildman–Crippen MR) is 101 cm³/mol. The zero-order valence-corrected chi connectivity index (χ0v) is 15.9. The third-order valence-electron chi connectivity index (χ3n) is 5.82. The van der Waals surface area contributed by atoms with Crippen molar-refractivity contribution in [1.82, 2.24) is 20.5 Å². The lowest BCUT2D eigenvalue weighted by atomic mass is 9.84. The van der Waals surface area contributed by atoms with E-state index < -0.39 is 5.54 Å². The number of carbonyl (C=O) groups excluding carboxylic acids is 3. The van der Waals surface area contributed by atoms with Crippen molar-refractivity contribution in [2.24, 2.45) is 5.92 Å². The van der Waals surface area contributed by atoms with Crippen molar-refractivity contribution in [3.05, 3.63) is 30.1 Å². The van der Waals surface area contributed by atoms with Crippen LogP contribution in [0.4, 0.5) is 0 Å². The average Bonchev–Trinajstić information content (AvgIpc) is 2.74. The highest BCUT2D eigenvalue weighted by molar-refractivity contribution is 5.99. The predicted octanol–water partition coefficient (Wildman–Crippen LogP) is 1.50. The molecule has 2 N–H and O–H groups in total. The minimum Gasteiger partial charge on any atom is -0.357 e. The number of rotatable bonds is 4. The van der Waals surface area contributed by atoms with Gasteiger partial charge in [0.15, 0.2) is 0 Å². The van der Waals surface area contributed by atoms with Gasteiger partial charge in [-0.25, -0.2) is 0 Å². The van der Waals surface area contributed by atoms with Crippen molar-refractivity contribution in [1.29, 1.82) is 0 Å². The molecule has 1 saturated carbocycles. The number of piperidine rings is 1. The quantitative estimate of drug-likeness (QED) is 0.838. The number of hydrogen-bond acceptors (Lipinski definition) is 4. The number of pyridine rings is 1. The van der Waals surface area contributed by atoms with Gasteiger partial charge in [-0.05, 0) is 37.8 Å². The van der Waals surface area contributed by atoms with Gasteiger partial charge in [0.1, 0.15) is 5.54 Å². The lowest BCUT2D eigenvalue weighted by Crippen LogP contribution is -2.63. The van der Waals surface area contributed by atoms with Gasteiger partial charge in [0, 0.05) is 38.4 Å². The van der Waals surface area contributed by atoms with E-state index in [0.717, 1.165) is 25.7 Å². The molecule has 0 atom stereocenters. The summed E-state index contributed by atoms with van der Waals surface area (Å²) in [6, 6.07) is 3.36. The molecule has 146 valence electrons. The number of amides is 3. The molecule has 1 saturated heterocycles. The maximum absolute atomic E-state index is 12.8. The molecule has 0 bridgehead atoms. The maximum atomic E-state index is 12.8. The van der Waals surface area contributed by atoms with Crippen molar-refractivity contribution in [3.8, 4) is 0 Å². The topological polar surface area (TPSA) is 91.4 Å². The minimum atomic E-state index is -0.995. The van der Waals surface area contributed by atoms with Gasteiger partial charge in [0.05, 0.1) is 5.56 Å². The summed E-state index contributed by atoms with van der Waals surface area (Å²) in [7, 11) is 1.57. The Balaban J connectivity index is 1.67. The fourth-order valence-corrected chi connectivity index (χ4v) is 4.15. The smallest absolute Gasteiger partial charge is 0.253 e. The molecular weight excluding hydrogens is 344 g/mol. The number of aromatic nitrogens is 1. The fraction of sp³-hybridized carbons (Fsp3) is 0.600. The normalized spacial score (nSPS) is 20.0. The van der Waals surface area contributed by atoms with Gasteiger partial charge >= 0.3 is 0 Å². The lowest BCUT2D eigenvalue weighted by Gasteiger charge is -2.42. The van der Waals surface area contributed by atoms with Crippen LogP contribution in [0.5, 0.6) is 0 Å². The highest BCUT2D eigenvalue weighted by Gasteiger charge is 2.43. The Bertz CT molecular complexity index is 678. The van der Waals surface area contributed by atoms with Crippen LogP contribution in [0.15, 0.2) is 24.5 Å². The summed E-state index contributed by atoms with van der Waals surface area (Å²) in [5.74, 6) is -0.210. The Hall–Kier alpha value is -2.44. The molecule has 3 amide bonds. The van der Waals surface area contributed by atoms with Crippen LogP contribution in [0.1, 0.15) is 55.3 Å². The summed E-state index contributed by atoms with van der Waals surface area (Å²) >= 11 is 0. The number of carbonyl (C=O) groups is 3. The fourth-order valence-electron chi connectivity index (χ4n) is 4.15. The molecule has 1 aliphatic carbocycles. The van der Waals surface area contributed by atoms with E-state index in [2.05, 4.69) is 15.6 Å². The monoisotopic (exact) mass is 372 g/mol. The zero-order valence-electron chi connectivity index (χ0n) is 15.9. The van der Waals surface area contributed by atoms with E-state index >= 15 is 0 Å². The first-order valence-electron chi connectivity index (χ1n) is 9.79. The Kier molecular flexibility index (Phi) is 6.08. The molecule has 1 aromatic rings. The standard InChI is InChI=1S/C20H28N4O3/c1-21-19(27)20(23-17(25)16-8-5-11-22-14-16)9-12-24(13-10-20)18(26)15-6-3-2-4-7-15/h5,8,11,14-15H,2-4,6-7,9-10,12-13H2,1H3,(H,21,27)(H,23,25). The zero-order chi connectivity index (χ0) is 19.3. The van der Waals surface area contributed by atoms with E-state index in [1.165, 1.54) is 12.6 Å². The third kappa shape index (κ3) is 4.28. The van der Waals surface area contributed by atoms with Gasteiger partial charge < -0.3 is 15.5 Å². The molecule has 3 rings (SSSR count). The molecule has 1 aliphatic heterocycles. The van der Waals surface area contributed by atoms with Crippen LogP contribution in [0, 0.1) is 5.92 Å². The lowest BCUT2D eigenvalue weighted by molar-refractivity contribution is -0.141. The number of hydrogen-bond donors (Lipinski definition) is 2. The van der Waals surface area contributed by atoms with E-state index in [1.807, 2.05) is 4.90 Å². The number of likely N-dealkylation sites (tertiary alicyclic amines) is 1. The molecule has 2 aliphatic rings. The number of nitrogens with one attached hydrogen (secondary N) is 2. The average molecular weight is 372 g/mol. The van der Waals surface area contributed by atoms with Crippen molar-refractivity contribution in [2.45, 2.75) is 50.5 Å². The number of nitrogens with zero attached hydrogens (tertiary/aromatic N) is 2. The molecular formula is C20H28N4O3. The van der Waals surface area contributed by atoms with Crippen LogP contribution >= 0.6 is 0 Å².